The number of carbonyl (C=O) groups is 1. The van der Waals surface area contributed by atoms with Crippen LogP contribution in [0.25, 0.3) is 0 Å². The molecule has 21 heavy (non-hydrogen) atoms. The van der Waals surface area contributed by atoms with Crippen LogP contribution < -0.4 is 10.1 Å². The molecule has 1 aliphatic heterocycles. The average Bonchev–Trinajstić information content (AvgIpc) is 2.80. The Morgan fingerprint density at radius 3 is 2.76 bits per heavy atom. The molecule has 0 unspecified atom stereocenters. The monoisotopic (exact) mass is 281 g/mol. The van der Waals surface area contributed by atoms with Crippen molar-refractivity contribution in [2.75, 3.05) is 5.32 Å². The molecular formula is C18H19NO2. The van der Waals surface area contributed by atoms with Gasteiger partial charge in [-0.1, -0.05) is 17.7 Å². The Labute approximate surface area is 124 Å². The highest BCUT2D eigenvalue weighted by atomic mass is 16.5. The lowest BCUT2D eigenvalue weighted by atomic mass is 10.1. The number of carbonyl (C=O) groups excluding carboxylic acids is 1. The van der Waals surface area contributed by atoms with Crippen LogP contribution in [0.4, 0.5) is 5.69 Å². The van der Waals surface area contributed by atoms with E-state index < -0.39 is 0 Å². The second-order valence-electron chi connectivity index (χ2n) is 5.73. The molecule has 3 heteroatoms. The molecule has 108 valence electrons. The largest absolute Gasteiger partial charge is 0.490 e. The fourth-order valence-electron chi connectivity index (χ4n) is 2.71. The lowest BCUT2D eigenvalue weighted by Crippen LogP contribution is -2.13. The van der Waals surface area contributed by atoms with Crippen molar-refractivity contribution < 1.29 is 9.53 Å². The van der Waals surface area contributed by atoms with Gasteiger partial charge in [0, 0.05) is 17.7 Å². The Balaban J connectivity index is 1.81. The van der Waals surface area contributed by atoms with Crippen LogP contribution in [0.2, 0.25) is 0 Å². The standard InChI is InChI=1S/C18H19NO2/c1-11-4-6-16(12(2)8-11)19-18(20)14-5-7-17-15(10-14)9-13(3)21-17/h4-8,10,13H,9H2,1-3H3,(H,19,20)/t13-/m0/s1. The summed E-state index contributed by atoms with van der Waals surface area (Å²) in [4.78, 5) is 12.4. The highest BCUT2D eigenvalue weighted by Crippen LogP contribution is 2.29. The zero-order valence-corrected chi connectivity index (χ0v) is 12.6. The van der Waals surface area contributed by atoms with Gasteiger partial charge in [0.05, 0.1) is 0 Å². The molecule has 0 radical (unpaired) electrons. The molecule has 1 aliphatic rings. The molecule has 1 amide bonds. The van der Waals surface area contributed by atoms with Gasteiger partial charge in [0.1, 0.15) is 11.9 Å². The highest BCUT2D eigenvalue weighted by molar-refractivity contribution is 6.04. The first-order valence-electron chi connectivity index (χ1n) is 7.21. The van der Waals surface area contributed by atoms with Gasteiger partial charge < -0.3 is 10.1 Å². The number of rotatable bonds is 2. The van der Waals surface area contributed by atoms with Crippen LogP contribution in [0.15, 0.2) is 36.4 Å². The molecule has 3 nitrogen and oxygen atoms in total. The average molecular weight is 281 g/mol. The van der Waals surface area contributed by atoms with Gasteiger partial charge in [-0.2, -0.15) is 0 Å². The molecule has 0 aromatic heterocycles. The lowest BCUT2D eigenvalue weighted by molar-refractivity contribution is 0.102. The summed E-state index contributed by atoms with van der Waals surface area (Å²) in [6.45, 7) is 6.08. The molecule has 1 heterocycles. The van der Waals surface area contributed by atoms with Crippen molar-refractivity contribution in [1.82, 2.24) is 0 Å². The van der Waals surface area contributed by atoms with Crippen molar-refractivity contribution in [2.24, 2.45) is 0 Å². The van der Waals surface area contributed by atoms with E-state index in [1.165, 1.54) is 5.56 Å². The van der Waals surface area contributed by atoms with Gasteiger partial charge >= 0.3 is 0 Å². The first-order valence-corrected chi connectivity index (χ1v) is 7.21. The summed E-state index contributed by atoms with van der Waals surface area (Å²) in [5.41, 5.74) is 4.90. The highest BCUT2D eigenvalue weighted by Gasteiger charge is 2.20. The lowest BCUT2D eigenvalue weighted by Gasteiger charge is -2.10. The number of hydrogen-bond acceptors (Lipinski definition) is 2. The minimum atomic E-state index is -0.0793. The second kappa shape index (κ2) is 5.24. The molecule has 0 saturated carbocycles. The Bertz CT molecular complexity index is 706. The molecule has 1 N–H and O–H groups in total. The van der Waals surface area contributed by atoms with Crippen LogP contribution in [-0.2, 0) is 6.42 Å². The Morgan fingerprint density at radius 2 is 2.00 bits per heavy atom. The quantitative estimate of drug-likeness (QED) is 0.907. The normalized spacial score (nSPS) is 16.2. The van der Waals surface area contributed by atoms with E-state index in [0.717, 1.165) is 29.0 Å². The van der Waals surface area contributed by atoms with Gasteiger partial charge in [-0.15, -0.1) is 0 Å². The molecule has 1 atom stereocenters. The van der Waals surface area contributed by atoms with Crippen LogP contribution in [0.5, 0.6) is 5.75 Å². The second-order valence-corrected chi connectivity index (χ2v) is 5.73. The summed E-state index contributed by atoms with van der Waals surface area (Å²) in [6.07, 6.45) is 1.05. The summed E-state index contributed by atoms with van der Waals surface area (Å²) < 4.78 is 5.66. The smallest absolute Gasteiger partial charge is 0.255 e. The van der Waals surface area contributed by atoms with E-state index >= 15 is 0 Å². The molecule has 0 aliphatic carbocycles. The summed E-state index contributed by atoms with van der Waals surface area (Å²) in [5.74, 6) is 0.815. The minimum absolute atomic E-state index is 0.0793. The summed E-state index contributed by atoms with van der Waals surface area (Å²) in [6, 6.07) is 11.6. The first kappa shape index (κ1) is 13.7. The molecule has 2 aromatic carbocycles. The number of benzene rings is 2. The minimum Gasteiger partial charge on any atom is -0.490 e. The summed E-state index contributed by atoms with van der Waals surface area (Å²) in [5, 5.41) is 2.98. The van der Waals surface area contributed by atoms with Gasteiger partial charge in [0.25, 0.3) is 5.91 Å². The predicted octanol–water partition coefficient (Wildman–Crippen LogP) is 3.88. The third kappa shape index (κ3) is 2.77. The van der Waals surface area contributed by atoms with Crippen molar-refractivity contribution in [1.29, 1.82) is 0 Å². The molecule has 2 aromatic rings. The Hall–Kier alpha value is -2.29. The van der Waals surface area contributed by atoms with E-state index in [9.17, 15) is 4.79 Å². The zero-order valence-electron chi connectivity index (χ0n) is 12.6. The van der Waals surface area contributed by atoms with Crippen molar-refractivity contribution in [2.45, 2.75) is 33.3 Å². The van der Waals surface area contributed by atoms with Gasteiger partial charge in [0.2, 0.25) is 0 Å². The first-order chi connectivity index (χ1) is 10.0. The maximum absolute atomic E-state index is 12.4. The van der Waals surface area contributed by atoms with E-state index in [1.807, 2.05) is 51.1 Å². The van der Waals surface area contributed by atoms with E-state index in [2.05, 4.69) is 11.4 Å². The number of nitrogens with one attached hydrogen (secondary N) is 1. The number of hydrogen-bond donors (Lipinski definition) is 1. The molecule has 0 spiro atoms. The molecule has 0 fully saturated rings. The fraction of sp³-hybridized carbons (Fsp3) is 0.278. The number of anilines is 1. The van der Waals surface area contributed by atoms with Crippen molar-refractivity contribution >= 4 is 11.6 Å². The van der Waals surface area contributed by atoms with Crippen LogP contribution in [0.1, 0.15) is 34.0 Å². The van der Waals surface area contributed by atoms with Crippen molar-refractivity contribution in [3.8, 4) is 5.75 Å². The summed E-state index contributed by atoms with van der Waals surface area (Å²) in [7, 11) is 0. The van der Waals surface area contributed by atoms with E-state index in [0.29, 0.717) is 5.56 Å². The zero-order chi connectivity index (χ0) is 15.0. The molecule has 0 saturated heterocycles. The fourth-order valence-corrected chi connectivity index (χ4v) is 2.71. The topological polar surface area (TPSA) is 38.3 Å². The number of fused-ring (bicyclic) bond motifs is 1. The van der Waals surface area contributed by atoms with Gasteiger partial charge in [-0.25, -0.2) is 0 Å². The van der Waals surface area contributed by atoms with E-state index in [-0.39, 0.29) is 12.0 Å². The van der Waals surface area contributed by atoms with Crippen molar-refractivity contribution in [3.05, 3.63) is 58.7 Å². The number of amides is 1. The third-order valence-corrected chi connectivity index (χ3v) is 3.79. The Kier molecular flexibility index (Phi) is 3.42. The van der Waals surface area contributed by atoms with Crippen LogP contribution >= 0.6 is 0 Å². The van der Waals surface area contributed by atoms with Gasteiger partial charge in [-0.05, 0) is 56.2 Å². The number of ether oxygens (including phenoxy) is 1. The SMILES string of the molecule is Cc1ccc(NC(=O)c2ccc3c(c2)C[C@H](C)O3)c(C)c1. The molecule has 3 rings (SSSR count). The van der Waals surface area contributed by atoms with Gasteiger partial charge in [-0.3, -0.25) is 4.79 Å². The van der Waals surface area contributed by atoms with E-state index in [1.54, 1.807) is 0 Å². The maximum Gasteiger partial charge on any atom is 0.255 e. The molecular weight excluding hydrogens is 262 g/mol. The van der Waals surface area contributed by atoms with Crippen LogP contribution in [-0.4, -0.2) is 12.0 Å². The maximum atomic E-state index is 12.4. The summed E-state index contributed by atoms with van der Waals surface area (Å²) >= 11 is 0. The third-order valence-electron chi connectivity index (χ3n) is 3.79. The molecule has 0 bridgehead atoms. The van der Waals surface area contributed by atoms with E-state index in [4.69, 9.17) is 4.74 Å². The predicted molar refractivity (Wildman–Crippen MR) is 84.1 cm³/mol. The number of aryl methyl sites for hydroxylation is 2. The van der Waals surface area contributed by atoms with Crippen molar-refractivity contribution in [3.63, 3.8) is 0 Å². The Morgan fingerprint density at radius 1 is 1.19 bits per heavy atom. The van der Waals surface area contributed by atoms with Crippen LogP contribution in [0, 0.1) is 13.8 Å². The van der Waals surface area contributed by atoms with Crippen LogP contribution in [0.3, 0.4) is 0 Å². The van der Waals surface area contributed by atoms with Gasteiger partial charge in [0.15, 0.2) is 0 Å².